The smallest absolute Gasteiger partial charge is 0.224 e. The fraction of sp³-hybridized carbons (Fsp3) is 0.909. The predicted molar refractivity (Wildman–Crippen MR) is 57.2 cm³/mol. The van der Waals surface area contributed by atoms with Gasteiger partial charge in [0.25, 0.3) is 0 Å². The van der Waals surface area contributed by atoms with E-state index in [4.69, 9.17) is 5.73 Å². The van der Waals surface area contributed by atoms with E-state index < -0.39 is 0 Å². The highest BCUT2D eigenvalue weighted by Crippen LogP contribution is 2.30. The number of hydrogen-bond donors (Lipinski definition) is 2. The molecule has 1 saturated carbocycles. The van der Waals surface area contributed by atoms with Crippen LogP contribution in [0.1, 0.15) is 38.5 Å². The van der Waals surface area contributed by atoms with Crippen LogP contribution in [0, 0.1) is 0 Å². The second-order valence-corrected chi connectivity index (χ2v) is 5.03. The van der Waals surface area contributed by atoms with Crippen LogP contribution >= 0.6 is 0 Å². The number of nitrogens with zero attached hydrogens (tertiary/aromatic N) is 1. The van der Waals surface area contributed by atoms with Crippen molar-refractivity contribution in [3.8, 4) is 0 Å². The Balaban J connectivity index is 1.86. The Morgan fingerprint density at radius 2 is 2.13 bits per heavy atom. The lowest BCUT2D eigenvalue weighted by molar-refractivity contribution is -0.131. The molecule has 4 heteroatoms. The Hall–Kier alpha value is -0.610. The maximum Gasteiger partial charge on any atom is 0.224 e. The Labute approximate surface area is 90.4 Å². The monoisotopic (exact) mass is 212 g/mol. The number of carbonyl (C=O) groups is 1. The third-order valence-corrected chi connectivity index (χ3v) is 3.62. The van der Waals surface area contributed by atoms with Crippen molar-refractivity contribution in [3.05, 3.63) is 0 Å². The molecule has 0 aromatic carbocycles. The Kier molecular flexibility index (Phi) is 2.98. The molecule has 3 N–H and O–H groups in total. The summed E-state index contributed by atoms with van der Waals surface area (Å²) >= 11 is 0. The van der Waals surface area contributed by atoms with E-state index in [1.54, 1.807) is 4.90 Å². The molecule has 2 aliphatic rings. The van der Waals surface area contributed by atoms with Crippen molar-refractivity contribution in [3.63, 3.8) is 0 Å². The molecular weight excluding hydrogens is 192 g/mol. The van der Waals surface area contributed by atoms with Crippen LogP contribution in [-0.2, 0) is 4.79 Å². The molecule has 1 saturated heterocycles. The number of amides is 1. The van der Waals surface area contributed by atoms with Gasteiger partial charge in [0.1, 0.15) is 0 Å². The molecule has 15 heavy (non-hydrogen) atoms. The van der Waals surface area contributed by atoms with E-state index in [0.717, 1.165) is 25.7 Å². The van der Waals surface area contributed by atoms with E-state index in [0.29, 0.717) is 25.9 Å². The summed E-state index contributed by atoms with van der Waals surface area (Å²) in [6.45, 7) is 1.19. The van der Waals surface area contributed by atoms with Gasteiger partial charge in [-0.05, 0) is 19.3 Å². The first-order valence-electron chi connectivity index (χ1n) is 5.84. The second-order valence-electron chi connectivity index (χ2n) is 5.03. The topological polar surface area (TPSA) is 66.6 Å². The summed E-state index contributed by atoms with van der Waals surface area (Å²) in [6.07, 6.45) is 5.07. The van der Waals surface area contributed by atoms with Crippen LogP contribution in [0.2, 0.25) is 0 Å². The molecule has 0 radical (unpaired) electrons. The maximum absolute atomic E-state index is 11.9. The quantitative estimate of drug-likeness (QED) is 0.689. The van der Waals surface area contributed by atoms with Gasteiger partial charge in [-0.15, -0.1) is 0 Å². The van der Waals surface area contributed by atoms with Gasteiger partial charge in [0.05, 0.1) is 6.10 Å². The molecule has 0 spiro atoms. The van der Waals surface area contributed by atoms with Gasteiger partial charge in [-0.1, -0.05) is 12.8 Å². The maximum atomic E-state index is 11.9. The molecule has 4 nitrogen and oxygen atoms in total. The summed E-state index contributed by atoms with van der Waals surface area (Å²) in [5, 5.41) is 9.35. The predicted octanol–water partition coefficient (Wildman–Crippen LogP) is 0.241. The molecule has 1 heterocycles. The first-order valence-corrected chi connectivity index (χ1v) is 5.84. The Bertz CT molecular complexity index is 249. The molecule has 0 aromatic heterocycles. The molecule has 1 aliphatic carbocycles. The highest BCUT2D eigenvalue weighted by atomic mass is 16.3. The SMILES string of the molecule is NC1(CC(=O)N2CCC(O)C2)CCCC1. The molecule has 0 aromatic rings. The zero-order chi connectivity index (χ0) is 10.9. The van der Waals surface area contributed by atoms with Crippen LogP contribution in [-0.4, -0.2) is 40.6 Å². The molecule has 86 valence electrons. The van der Waals surface area contributed by atoms with Crippen LogP contribution in [0.5, 0.6) is 0 Å². The van der Waals surface area contributed by atoms with Gasteiger partial charge in [0, 0.05) is 25.0 Å². The van der Waals surface area contributed by atoms with Crippen molar-refractivity contribution >= 4 is 5.91 Å². The van der Waals surface area contributed by atoms with Gasteiger partial charge in [0.15, 0.2) is 0 Å². The number of rotatable bonds is 2. The first-order chi connectivity index (χ1) is 7.09. The highest BCUT2D eigenvalue weighted by molar-refractivity contribution is 5.77. The summed E-state index contributed by atoms with van der Waals surface area (Å²) in [4.78, 5) is 13.6. The average Bonchev–Trinajstić information content (AvgIpc) is 2.75. The minimum atomic E-state index is -0.328. The standard InChI is InChI=1S/C11H20N2O2/c12-11(4-1-2-5-11)7-10(15)13-6-3-9(14)8-13/h9,14H,1-8,12H2. The average molecular weight is 212 g/mol. The van der Waals surface area contributed by atoms with Crippen LogP contribution in [0.15, 0.2) is 0 Å². The number of aliphatic hydroxyl groups is 1. The normalized spacial score (nSPS) is 29.7. The summed E-state index contributed by atoms with van der Waals surface area (Å²) < 4.78 is 0. The summed E-state index contributed by atoms with van der Waals surface area (Å²) in [7, 11) is 0. The van der Waals surface area contributed by atoms with Gasteiger partial charge < -0.3 is 15.7 Å². The highest BCUT2D eigenvalue weighted by Gasteiger charge is 2.34. The molecule has 0 bridgehead atoms. The lowest BCUT2D eigenvalue weighted by Crippen LogP contribution is -2.43. The molecule has 1 amide bonds. The van der Waals surface area contributed by atoms with E-state index in [9.17, 15) is 9.90 Å². The van der Waals surface area contributed by atoms with Crippen LogP contribution in [0.4, 0.5) is 0 Å². The fourth-order valence-corrected chi connectivity index (χ4v) is 2.64. The second kappa shape index (κ2) is 4.10. The summed E-state index contributed by atoms with van der Waals surface area (Å²) in [5.41, 5.74) is 5.89. The molecule has 2 fully saturated rings. The number of hydrogen-bond acceptors (Lipinski definition) is 3. The van der Waals surface area contributed by atoms with Gasteiger partial charge in [-0.25, -0.2) is 0 Å². The van der Waals surface area contributed by atoms with E-state index in [2.05, 4.69) is 0 Å². The van der Waals surface area contributed by atoms with Crippen molar-refractivity contribution in [2.45, 2.75) is 50.2 Å². The van der Waals surface area contributed by atoms with Gasteiger partial charge in [-0.2, -0.15) is 0 Å². The van der Waals surface area contributed by atoms with E-state index in [-0.39, 0.29) is 17.6 Å². The van der Waals surface area contributed by atoms with Crippen LogP contribution in [0.25, 0.3) is 0 Å². The first kappa shape index (κ1) is 10.9. The third-order valence-electron chi connectivity index (χ3n) is 3.62. The minimum Gasteiger partial charge on any atom is -0.391 e. The van der Waals surface area contributed by atoms with Crippen LogP contribution < -0.4 is 5.73 Å². The number of aliphatic hydroxyl groups excluding tert-OH is 1. The van der Waals surface area contributed by atoms with Crippen LogP contribution in [0.3, 0.4) is 0 Å². The van der Waals surface area contributed by atoms with Crippen molar-refractivity contribution < 1.29 is 9.90 Å². The Morgan fingerprint density at radius 3 is 2.67 bits per heavy atom. The van der Waals surface area contributed by atoms with E-state index >= 15 is 0 Å². The van der Waals surface area contributed by atoms with Crippen molar-refractivity contribution in [1.29, 1.82) is 0 Å². The number of β-amino-alcohol motifs (C(OH)–C–C–N with tert-alkyl or cyclic N) is 1. The number of carbonyl (C=O) groups excluding carboxylic acids is 1. The van der Waals surface area contributed by atoms with E-state index in [1.165, 1.54) is 0 Å². The summed E-state index contributed by atoms with van der Waals surface area (Å²) in [6, 6.07) is 0. The largest absolute Gasteiger partial charge is 0.391 e. The van der Waals surface area contributed by atoms with E-state index in [1.807, 2.05) is 0 Å². The van der Waals surface area contributed by atoms with Crippen molar-refractivity contribution in [2.75, 3.05) is 13.1 Å². The minimum absolute atomic E-state index is 0.121. The molecule has 2 rings (SSSR count). The Morgan fingerprint density at radius 1 is 1.47 bits per heavy atom. The molecule has 1 unspecified atom stereocenters. The number of nitrogens with two attached hydrogens (primary N) is 1. The van der Waals surface area contributed by atoms with Gasteiger partial charge in [0.2, 0.25) is 5.91 Å². The fourth-order valence-electron chi connectivity index (χ4n) is 2.64. The number of likely N-dealkylation sites (tertiary alicyclic amines) is 1. The molecular formula is C11H20N2O2. The lowest BCUT2D eigenvalue weighted by Gasteiger charge is -2.26. The van der Waals surface area contributed by atoms with Crippen molar-refractivity contribution in [1.82, 2.24) is 4.90 Å². The van der Waals surface area contributed by atoms with Crippen molar-refractivity contribution in [2.24, 2.45) is 5.73 Å². The molecule has 1 aliphatic heterocycles. The lowest BCUT2D eigenvalue weighted by atomic mass is 9.94. The zero-order valence-corrected chi connectivity index (χ0v) is 9.11. The third kappa shape index (κ3) is 2.49. The molecule has 1 atom stereocenters. The van der Waals surface area contributed by atoms with Gasteiger partial charge >= 0.3 is 0 Å². The zero-order valence-electron chi connectivity index (χ0n) is 9.11. The summed E-state index contributed by atoms with van der Waals surface area (Å²) in [5.74, 6) is 0.121. The van der Waals surface area contributed by atoms with Gasteiger partial charge in [-0.3, -0.25) is 4.79 Å².